The molecule has 152 valence electrons. The van der Waals surface area contributed by atoms with Crippen molar-refractivity contribution in [2.24, 2.45) is 5.92 Å². The first-order valence-electron chi connectivity index (χ1n) is 9.45. The zero-order valence-corrected chi connectivity index (χ0v) is 17.6. The molecule has 0 N–H and O–H groups in total. The first-order chi connectivity index (χ1) is 13.5. The summed E-state index contributed by atoms with van der Waals surface area (Å²) < 4.78 is 32.7. The molecule has 1 aliphatic rings. The topological polar surface area (TPSA) is 66.9 Å². The summed E-state index contributed by atoms with van der Waals surface area (Å²) in [4.78, 5) is 14.4. The van der Waals surface area contributed by atoms with Crippen LogP contribution in [0.25, 0.3) is 0 Å². The summed E-state index contributed by atoms with van der Waals surface area (Å²) in [5, 5.41) is 1.76. The van der Waals surface area contributed by atoms with Crippen LogP contribution in [0.15, 0.2) is 52.1 Å². The summed E-state index contributed by atoms with van der Waals surface area (Å²) in [6.45, 7) is 1.96. The Morgan fingerprint density at radius 1 is 1.18 bits per heavy atom. The van der Waals surface area contributed by atoms with Gasteiger partial charge < -0.3 is 9.64 Å². The Morgan fingerprint density at radius 3 is 2.54 bits per heavy atom. The van der Waals surface area contributed by atoms with Crippen LogP contribution in [0.4, 0.5) is 0 Å². The van der Waals surface area contributed by atoms with Crippen molar-refractivity contribution in [3.63, 3.8) is 0 Å². The van der Waals surface area contributed by atoms with Crippen LogP contribution in [0.5, 0.6) is 5.75 Å². The molecule has 0 unspecified atom stereocenters. The van der Waals surface area contributed by atoms with Crippen LogP contribution >= 0.6 is 11.3 Å². The third-order valence-corrected chi connectivity index (χ3v) is 8.19. The molecule has 0 bridgehead atoms. The van der Waals surface area contributed by atoms with Crippen LogP contribution in [0, 0.1) is 5.92 Å². The number of amides is 1. The van der Waals surface area contributed by atoms with Gasteiger partial charge in [-0.1, -0.05) is 24.3 Å². The summed E-state index contributed by atoms with van der Waals surface area (Å²) >= 11 is 1.23. The molecule has 6 nitrogen and oxygen atoms in total. The lowest BCUT2D eigenvalue weighted by Crippen LogP contribution is -2.43. The number of benzene rings is 1. The van der Waals surface area contributed by atoms with Gasteiger partial charge in [0.05, 0.1) is 6.61 Å². The standard InChI is InChI=1S/C20H26N2O4S2/c1-21(12-6-15-26-18-7-3-2-4-8-18)20(23)17-10-13-22(14-11-17)28(24,25)19-9-5-16-27-19/h2-5,7-9,16-17H,6,10-15H2,1H3. The van der Waals surface area contributed by atoms with Gasteiger partial charge in [0.25, 0.3) is 10.0 Å². The Labute approximate surface area is 170 Å². The van der Waals surface area contributed by atoms with E-state index in [2.05, 4.69) is 0 Å². The molecule has 1 saturated heterocycles. The van der Waals surface area contributed by atoms with E-state index in [0.717, 1.165) is 12.2 Å². The van der Waals surface area contributed by atoms with Crippen molar-refractivity contribution in [1.82, 2.24) is 9.21 Å². The molecular formula is C20H26N2O4S2. The Kier molecular flexibility index (Phi) is 7.09. The number of carbonyl (C=O) groups is 1. The molecule has 0 radical (unpaired) electrons. The SMILES string of the molecule is CN(CCCOc1ccccc1)C(=O)C1CCN(S(=O)(=O)c2cccs2)CC1. The molecule has 28 heavy (non-hydrogen) atoms. The van der Waals surface area contributed by atoms with E-state index in [9.17, 15) is 13.2 Å². The number of hydrogen-bond donors (Lipinski definition) is 0. The predicted molar refractivity (Wildman–Crippen MR) is 110 cm³/mol. The quantitative estimate of drug-likeness (QED) is 0.613. The summed E-state index contributed by atoms with van der Waals surface area (Å²) in [7, 11) is -1.62. The van der Waals surface area contributed by atoms with Gasteiger partial charge in [-0.3, -0.25) is 4.79 Å². The highest BCUT2D eigenvalue weighted by molar-refractivity contribution is 7.91. The fourth-order valence-corrected chi connectivity index (χ4v) is 5.93. The lowest BCUT2D eigenvalue weighted by Gasteiger charge is -2.32. The number of carbonyl (C=O) groups excluding carboxylic acids is 1. The van der Waals surface area contributed by atoms with Gasteiger partial charge in [0.2, 0.25) is 5.91 Å². The third-order valence-electron chi connectivity index (χ3n) is 4.92. The van der Waals surface area contributed by atoms with Crippen molar-refractivity contribution >= 4 is 27.3 Å². The van der Waals surface area contributed by atoms with E-state index in [1.165, 1.54) is 15.6 Å². The molecule has 2 heterocycles. The summed E-state index contributed by atoms with van der Waals surface area (Å²) in [6.07, 6.45) is 1.88. The maximum absolute atomic E-state index is 12.7. The largest absolute Gasteiger partial charge is 0.494 e. The Hall–Kier alpha value is -1.90. The normalized spacial score (nSPS) is 16.0. The highest BCUT2D eigenvalue weighted by atomic mass is 32.2. The fourth-order valence-electron chi connectivity index (χ4n) is 3.31. The van der Waals surface area contributed by atoms with Crippen molar-refractivity contribution in [3.05, 3.63) is 47.8 Å². The summed E-state index contributed by atoms with van der Waals surface area (Å²) in [5.41, 5.74) is 0. The number of para-hydroxylation sites is 1. The predicted octanol–water partition coefficient (Wildman–Crippen LogP) is 3.08. The monoisotopic (exact) mass is 422 g/mol. The molecule has 0 spiro atoms. The van der Waals surface area contributed by atoms with Crippen LogP contribution < -0.4 is 4.74 Å². The molecule has 1 aromatic heterocycles. The van der Waals surface area contributed by atoms with Gasteiger partial charge >= 0.3 is 0 Å². The highest BCUT2D eigenvalue weighted by Crippen LogP contribution is 2.27. The number of piperidine rings is 1. The van der Waals surface area contributed by atoms with Gasteiger partial charge in [-0.15, -0.1) is 11.3 Å². The lowest BCUT2D eigenvalue weighted by molar-refractivity contribution is -0.135. The van der Waals surface area contributed by atoms with Gasteiger partial charge in [0.15, 0.2) is 0 Å². The molecule has 1 aromatic carbocycles. The molecule has 1 amide bonds. The van der Waals surface area contributed by atoms with Crippen LogP contribution in [-0.2, 0) is 14.8 Å². The minimum Gasteiger partial charge on any atom is -0.494 e. The summed E-state index contributed by atoms with van der Waals surface area (Å²) in [6, 6.07) is 13.0. The molecule has 2 aromatic rings. The van der Waals surface area contributed by atoms with Crippen molar-refractivity contribution in [3.8, 4) is 5.75 Å². The zero-order chi connectivity index (χ0) is 20.0. The minimum atomic E-state index is -3.42. The fraction of sp³-hybridized carbons (Fsp3) is 0.450. The summed E-state index contributed by atoms with van der Waals surface area (Å²) in [5.74, 6) is 0.804. The van der Waals surface area contributed by atoms with E-state index in [1.807, 2.05) is 30.3 Å². The van der Waals surface area contributed by atoms with Gasteiger partial charge in [-0.25, -0.2) is 8.42 Å². The molecule has 8 heteroatoms. The second kappa shape index (κ2) is 9.54. The van der Waals surface area contributed by atoms with Gasteiger partial charge in [0, 0.05) is 32.6 Å². The number of hydrogen-bond acceptors (Lipinski definition) is 5. The van der Waals surface area contributed by atoms with E-state index in [1.54, 1.807) is 29.5 Å². The highest BCUT2D eigenvalue weighted by Gasteiger charge is 2.33. The van der Waals surface area contributed by atoms with E-state index in [0.29, 0.717) is 43.3 Å². The van der Waals surface area contributed by atoms with Gasteiger partial charge in [-0.05, 0) is 42.8 Å². The molecule has 0 aliphatic carbocycles. The maximum atomic E-state index is 12.7. The second-order valence-corrected chi connectivity index (χ2v) is 10.00. The maximum Gasteiger partial charge on any atom is 0.252 e. The van der Waals surface area contributed by atoms with Crippen molar-refractivity contribution in [1.29, 1.82) is 0 Å². The average molecular weight is 423 g/mol. The minimum absolute atomic E-state index is 0.0906. The molecule has 1 fully saturated rings. The molecular weight excluding hydrogens is 396 g/mol. The average Bonchev–Trinajstić information content (AvgIpc) is 3.27. The van der Waals surface area contributed by atoms with Crippen LogP contribution in [0.3, 0.4) is 0 Å². The van der Waals surface area contributed by atoms with E-state index in [4.69, 9.17) is 4.74 Å². The van der Waals surface area contributed by atoms with Crippen LogP contribution in [0.1, 0.15) is 19.3 Å². The van der Waals surface area contributed by atoms with Crippen LogP contribution in [0.2, 0.25) is 0 Å². The number of nitrogens with zero attached hydrogens (tertiary/aromatic N) is 2. The van der Waals surface area contributed by atoms with E-state index < -0.39 is 10.0 Å². The molecule has 0 atom stereocenters. The Balaban J connectivity index is 1.41. The van der Waals surface area contributed by atoms with E-state index in [-0.39, 0.29) is 11.8 Å². The first kappa shape index (κ1) is 20.8. The van der Waals surface area contributed by atoms with Crippen molar-refractivity contribution in [2.45, 2.75) is 23.5 Å². The van der Waals surface area contributed by atoms with E-state index >= 15 is 0 Å². The van der Waals surface area contributed by atoms with Crippen LogP contribution in [-0.4, -0.2) is 56.8 Å². The number of ether oxygens (including phenoxy) is 1. The number of sulfonamides is 1. The number of thiophene rings is 1. The Bertz CT molecular complexity index is 846. The molecule has 1 aliphatic heterocycles. The molecule has 3 rings (SSSR count). The first-order valence-corrected chi connectivity index (χ1v) is 11.8. The zero-order valence-electron chi connectivity index (χ0n) is 16.0. The van der Waals surface area contributed by atoms with Crippen molar-refractivity contribution in [2.75, 3.05) is 33.3 Å². The van der Waals surface area contributed by atoms with Gasteiger partial charge in [-0.2, -0.15) is 4.31 Å². The molecule has 0 saturated carbocycles. The smallest absolute Gasteiger partial charge is 0.252 e. The second-order valence-electron chi connectivity index (χ2n) is 6.89. The van der Waals surface area contributed by atoms with Gasteiger partial charge in [0.1, 0.15) is 9.96 Å². The number of rotatable bonds is 8. The lowest BCUT2D eigenvalue weighted by atomic mass is 9.96. The van der Waals surface area contributed by atoms with Crippen molar-refractivity contribution < 1.29 is 17.9 Å². The third kappa shape index (κ3) is 5.12. The Morgan fingerprint density at radius 2 is 1.89 bits per heavy atom.